The van der Waals surface area contributed by atoms with E-state index in [-0.39, 0.29) is 17.4 Å². The van der Waals surface area contributed by atoms with Gasteiger partial charge in [0.05, 0.1) is 36.6 Å². The Morgan fingerprint density at radius 2 is 2.06 bits per heavy atom. The Bertz CT molecular complexity index is 1020. The van der Waals surface area contributed by atoms with E-state index >= 15 is 0 Å². The average Bonchev–Trinajstić information content (AvgIpc) is 3.65. The molecule has 1 aliphatic rings. The predicted molar refractivity (Wildman–Crippen MR) is 131 cm³/mol. The molecule has 1 fully saturated rings. The number of amides is 2. The molecule has 0 radical (unpaired) electrons. The van der Waals surface area contributed by atoms with Crippen LogP contribution in [0.1, 0.15) is 38.7 Å². The molecule has 0 aliphatic heterocycles. The SMILES string of the molecule is C=C(C(N)=O)/C(=C\C(=NC)NC(=O)C1CC1)Nc1cccc(/C(C)=C/O/C=C/CC)c1OC. The molecule has 2 rings (SSSR count). The minimum atomic E-state index is -0.708. The van der Waals surface area contributed by atoms with E-state index in [0.29, 0.717) is 23.0 Å². The highest BCUT2D eigenvalue weighted by Gasteiger charge is 2.30. The number of primary amides is 1. The van der Waals surface area contributed by atoms with Gasteiger partial charge in [-0.05, 0) is 43.9 Å². The monoisotopic (exact) mass is 452 g/mol. The second-order valence-corrected chi connectivity index (χ2v) is 7.50. The van der Waals surface area contributed by atoms with Crippen LogP contribution in [0.25, 0.3) is 5.57 Å². The summed E-state index contributed by atoms with van der Waals surface area (Å²) < 4.78 is 11.1. The van der Waals surface area contributed by atoms with Gasteiger partial charge in [0.25, 0.3) is 0 Å². The predicted octanol–water partition coefficient (Wildman–Crippen LogP) is 3.89. The number of amidine groups is 1. The highest BCUT2D eigenvalue weighted by molar-refractivity contribution is 6.08. The van der Waals surface area contributed by atoms with E-state index in [9.17, 15) is 9.59 Å². The fourth-order valence-corrected chi connectivity index (χ4v) is 2.87. The fraction of sp³-hybridized carbons (Fsp3) is 0.320. The number of carbonyl (C=O) groups is 2. The van der Waals surface area contributed by atoms with Crippen LogP contribution in [0, 0.1) is 5.92 Å². The summed E-state index contributed by atoms with van der Waals surface area (Å²) in [6.45, 7) is 7.70. The van der Waals surface area contributed by atoms with E-state index < -0.39 is 5.91 Å². The minimum Gasteiger partial charge on any atom is -0.494 e. The van der Waals surface area contributed by atoms with Crippen molar-refractivity contribution in [1.82, 2.24) is 5.32 Å². The Balaban J connectivity index is 2.39. The summed E-state index contributed by atoms with van der Waals surface area (Å²) in [4.78, 5) is 28.2. The van der Waals surface area contributed by atoms with Crippen LogP contribution in [-0.4, -0.2) is 31.8 Å². The summed E-state index contributed by atoms with van der Waals surface area (Å²) >= 11 is 0. The van der Waals surface area contributed by atoms with Gasteiger partial charge in [-0.3, -0.25) is 14.6 Å². The third-order valence-electron chi connectivity index (χ3n) is 4.91. The van der Waals surface area contributed by atoms with Crippen molar-refractivity contribution in [2.24, 2.45) is 16.6 Å². The van der Waals surface area contributed by atoms with Crippen LogP contribution >= 0.6 is 0 Å². The lowest BCUT2D eigenvalue weighted by molar-refractivity contribution is -0.120. The molecular weight excluding hydrogens is 420 g/mol. The Kier molecular flexibility index (Phi) is 9.47. The third-order valence-corrected chi connectivity index (χ3v) is 4.91. The van der Waals surface area contributed by atoms with Gasteiger partial charge in [0.2, 0.25) is 11.8 Å². The number of hydrogen-bond acceptors (Lipinski definition) is 6. The molecule has 1 saturated carbocycles. The van der Waals surface area contributed by atoms with Crippen LogP contribution in [-0.2, 0) is 14.3 Å². The molecule has 0 aromatic heterocycles. The maximum Gasteiger partial charge on any atom is 0.250 e. The molecule has 0 bridgehead atoms. The Labute approximate surface area is 194 Å². The Morgan fingerprint density at radius 1 is 1.33 bits per heavy atom. The first-order chi connectivity index (χ1) is 15.8. The largest absolute Gasteiger partial charge is 0.494 e. The number of para-hydroxylation sites is 1. The van der Waals surface area contributed by atoms with Gasteiger partial charge in [-0.25, -0.2) is 0 Å². The van der Waals surface area contributed by atoms with Crippen molar-refractivity contribution >= 4 is 28.9 Å². The molecule has 2 amide bonds. The van der Waals surface area contributed by atoms with Crippen LogP contribution < -0.4 is 21.1 Å². The van der Waals surface area contributed by atoms with Crippen molar-refractivity contribution in [3.05, 3.63) is 66.3 Å². The lowest BCUT2D eigenvalue weighted by Gasteiger charge is -2.18. The molecule has 0 heterocycles. The topological polar surface area (TPSA) is 115 Å². The number of carbonyl (C=O) groups excluding carboxylic acids is 2. The molecule has 1 aromatic rings. The van der Waals surface area contributed by atoms with Crippen molar-refractivity contribution in [3.8, 4) is 5.75 Å². The number of ether oxygens (including phenoxy) is 2. The van der Waals surface area contributed by atoms with Crippen LogP contribution in [0.2, 0.25) is 0 Å². The quantitative estimate of drug-likeness (QED) is 0.155. The van der Waals surface area contributed by atoms with Gasteiger partial charge in [-0.1, -0.05) is 25.6 Å². The number of aliphatic imine (C=N–C) groups is 1. The molecule has 0 saturated heterocycles. The van der Waals surface area contributed by atoms with Crippen molar-refractivity contribution in [2.75, 3.05) is 19.5 Å². The molecule has 0 spiro atoms. The maximum atomic E-state index is 12.2. The zero-order valence-electron chi connectivity index (χ0n) is 19.6. The van der Waals surface area contributed by atoms with Gasteiger partial charge in [0.1, 0.15) is 11.6 Å². The summed E-state index contributed by atoms with van der Waals surface area (Å²) in [7, 11) is 3.10. The van der Waals surface area contributed by atoms with E-state index in [1.807, 2.05) is 32.1 Å². The molecule has 8 heteroatoms. The number of methoxy groups -OCH3 is 1. The van der Waals surface area contributed by atoms with Gasteiger partial charge in [0.15, 0.2) is 0 Å². The molecule has 8 nitrogen and oxygen atoms in total. The first-order valence-electron chi connectivity index (χ1n) is 10.7. The van der Waals surface area contributed by atoms with Gasteiger partial charge in [0, 0.05) is 24.6 Å². The van der Waals surface area contributed by atoms with Gasteiger partial charge < -0.3 is 25.8 Å². The number of anilines is 1. The normalized spacial score (nSPS) is 14.7. The summed E-state index contributed by atoms with van der Waals surface area (Å²) in [5.74, 6) is 0.0221. The number of benzene rings is 1. The second kappa shape index (κ2) is 12.3. The van der Waals surface area contributed by atoms with Crippen molar-refractivity contribution in [3.63, 3.8) is 0 Å². The first-order valence-corrected chi connectivity index (χ1v) is 10.7. The standard InChI is InChI=1S/C25H32N4O4/c1-6-7-13-33-15-16(2)19-9-8-10-20(23(19)32-5)28-21(17(3)24(26)30)14-22(27-4)29-25(31)18-11-12-18/h7-10,13-15,18,28H,3,6,11-12H2,1-2,4-5H3,(H2,26,30)(H,27,29,31)/b13-7+,16-15+,21-14+. The zero-order valence-corrected chi connectivity index (χ0v) is 19.6. The van der Waals surface area contributed by atoms with Gasteiger partial charge in [-0.15, -0.1) is 0 Å². The fourth-order valence-electron chi connectivity index (χ4n) is 2.87. The van der Waals surface area contributed by atoms with Crippen LogP contribution in [0.15, 0.2) is 65.7 Å². The summed E-state index contributed by atoms with van der Waals surface area (Å²) in [5.41, 5.74) is 8.01. The number of nitrogens with one attached hydrogen (secondary N) is 2. The number of rotatable bonds is 11. The smallest absolute Gasteiger partial charge is 0.250 e. The molecule has 33 heavy (non-hydrogen) atoms. The molecule has 0 unspecified atom stereocenters. The van der Waals surface area contributed by atoms with Gasteiger partial charge in [-0.2, -0.15) is 0 Å². The third kappa shape index (κ3) is 7.38. The van der Waals surface area contributed by atoms with Crippen molar-refractivity contribution < 1.29 is 19.1 Å². The molecule has 4 N–H and O–H groups in total. The molecular formula is C25H32N4O4. The van der Waals surface area contributed by atoms with Crippen LogP contribution in [0.4, 0.5) is 5.69 Å². The van der Waals surface area contributed by atoms with E-state index in [0.717, 1.165) is 30.4 Å². The number of allylic oxidation sites excluding steroid dienone is 2. The molecule has 176 valence electrons. The summed E-state index contributed by atoms with van der Waals surface area (Å²) in [5, 5.41) is 5.92. The maximum absolute atomic E-state index is 12.2. The molecule has 1 aliphatic carbocycles. The van der Waals surface area contributed by atoms with E-state index in [1.165, 1.54) is 6.08 Å². The highest BCUT2D eigenvalue weighted by atomic mass is 16.5. The summed E-state index contributed by atoms with van der Waals surface area (Å²) in [6, 6.07) is 5.53. The Morgan fingerprint density at radius 3 is 2.64 bits per heavy atom. The number of hydrogen-bond donors (Lipinski definition) is 3. The number of nitrogens with zero attached hydrogens (tertiary/aromatic N) is 1. The number of nitrogens with two attached hydrogens (primary N) is 1. The van der Waals surface area contributed by atoms with Crippen molar-refractivity contribution in [2.45, 2.75) is 33.1 Å². The van der Waals surface area contributed by atoms with E-state index in [4.69, 9.17) is 15.2 Å². The second-order valence-electron chi connectivity index (χ2n) is 7.50. The average molecular weight is 453 g/mol. The first kappa shape index (κ1) is 25.5. The Hall–Kier alpha value is -3.81. The van der Waals surface area contributed by atoms with E-state index in [1.54, 1.807) is 32.7 Å². The zero-order chi connectivity index (χ0) is 24.4. The lowest BCUT2D eigenvalue weighted by Crippen LogP contribution is -2.31. The van der Waals surface area contributed by atoms with Crippen LogP contribution in [0.5, 0.6) is 5.75 Å². The van der Waals surface area contributed by atoms with Crippen molar-refractivity contribution in [1.29, 1.82) is 0 Å². The van der Waals surface area contributed by atoms with E-state index in [2.05, 4.69) is 22.2 Å². The van der Waals surface area contributed by atoms with Crippen LogP contribution in [0.3, 0.4) is 0 Å². The summed E-state index contributed by atoms with van der Waals surface area (Å²) in [6.07, 6.45) is 9.28. The molecule has 0 atom stereocenters. The lowest BCUT2D eigenvalue weighted by atomic mass is 10.1. The highest BCUT2D eigenvalue weighted by Crippen LogP contribution is 2.35. The van der Waals surface area contributed by atoms with Gasteiger partial charge >= 0.3 is 0 Å². The molecule has 1 aromatic carbocycles. The minimum absolute atomic E-state index is 0.00632.